The summed E-state index contributed by atoms with van der Waals surface area (Å²) in [5, 5.41) is 8.35. The molecule has 1 fully saturated rings. The predicted molar refractivity (Wildman–Crippen MR) is 114 cm³/mol. The highest BCUT2D eigenvalue weighted by atomic mass is 35.5. The molecule has 0 bridgehead atoms. The highest BCUT2D eigenvalue weighted by Gasteiger charge is 2.28. The van der Waals surface area contributed by atoms with Crippen LogP contribution in [-0.2, 0) is 11.3 Å². The molecule has 4 rings (SSSR count). The lowest BCUT2D eigenvalue weighted by Gasteiger charge is -2.31. The van der Waals surface area contributed by atoms with E-state index in [1.54, 1.807) is 40.0 Å². The number of hydrogen-bond donors (Lipinski definition) is 1. The fourth-order valence-electron chi connectivity index (χ4n) is 3.52. The minimum atomic E-state index is -0.166. The zero-order valence-electron chi connectivity index (χ0n) is 16.1. The molecule has 9 heteroatoms. The molecule has 0 radical (unpaired) electrons. The van der Waals surface area contributed by atoms with E-state index in [1.165, 1.54) is 12.5 Å². The maximum atomic E-state index is 12.8. The first-order valence-corrected chi connectivity index (χ1v) is 10.3. The van der Waals surface area contributed by atoms with Crippen LogP contribution in [0.4, 0.5) is 5.82 Å². The Labute approximate surface area is 183 Å². The van der Waals surface area contributed by atoms with Crippen molar-refractivity contribution < 1.29 is 14.0 Å². The van der Waals surface area contributed by atoms with Gasteiger partial charge in [0.2, 0.25) is 5.91 Å². The van der Waals surface area contributed by atoms with E-state index in [2.05, 4.69) is 10.4 Å². The third-order valence-corrected chi connectivity index (χ3v) is 5.81. The number of furan rings is 1. The largest absolute Gasteiger partial charge is 0.472 e. The molecule has 1 aromatic carbocycles. The number of anilines is 1. The molecular formula is C21H20Cl2N4O3. The van der Waals surface area contributed by atoms with Gasteiger partial charge in [0.25, 0.3) is 5.91 Å². The smallest absolute Gasteiger partial charge is 0.257 e. The number of benzene rings is 1. The van der Waals surface area contributed by atoms with Gasteiger partial charge in [0.1, 0.15) is 12.1 Å². The minimum Gasteiger partial charge on any atom is -0.472 e. The van der Waals surface area contributed by atoms with Gasteiger partial charge in [-0.2, -0.15) is 5.10 Å². The highest BCUT2D eigenvalue weighted by Crippen LogP contribution is 2.24. The third kappa shape index (κ3) is 4.52. The second kappa shape index (κ2) is 8.93. The predicted octanol–water partition coefficient (Wildman–Crippen LogP) is 4.32. The van der Waals surface area contributed by atoms with Crippen LogP contribution in [0.1, 0.15) is 28.8 Å². The normalized spacial score (nSPS) is 14.7. The molecule has 0 spiro atoms. The topological polar surface area (TPSA) is 80.4 Å². The fraction of sp³-hybridized carbons (Fsp3) is 0.286. The maximum absolute atomic E-state index is 12.8. The Bertz CT molecular complexity index is 1040. The lowest BCUT2D eigenvalue weighted by molar-refractivity contribution is -0.121. The number of carbonyl (C=O) groups is 2. The number of piperidine rings is 1. The molecule has 0 atom stereocenters. The number of nitrogens with one attached hydrogen (secondary N) is 1. The van der Waals surface area contributed by atoms with Gasteiger partial charge >= 0.3 is 0 Å². The standard InChI is InChI=1S/C21H20Cl2N4O3/c22-17-2-1-15(18(23)11-17)12-27-19(3-7-24-27)25-20(28)14-4-8-26(9-5-14)21(29)16-6-10-30-13-16/h1-3,6-7,10-11,13-14H,4-5,8-9,12H2,(H,25,28). The molecule has 1 N–H and O–H groups in total. The Morgan fingerprint density at radius 1 is 1.17 bits per heavy atom. The molecule has 2 amide bonds. The quantitative estimate of drug-likeness (QED) is 0.632. The summed E-state index contributed by atoms with van der Waals surface area (Å²) >= 11 is 12.2. The Morgan fingerprint density at radius 3 is 2.67 bits per heavy atom. The molecule has 0 unspecified atom stereocenters. The second-order valence-electron chi connectivity index (χ2n) is 7.18. The summed E-state index contributed by atoms with van der Waals surface area (Å²) in [5.74, 6) is 0.290. The summed E-state index contributed by atoms with van der Waals surface area (Å²) in [4.78, 5) is 26.9. The zero-order valence-corrected chi connectivity index (χ0v) is 17.6. The van der Waals surface area contributed by atoms with Gasteiger partial charge in [-0.1, -0.05) is 29.3 Å². The summed E-state index contributed by atoms with van der Waals surface area (Å²) in [6, 6.07) is 8.68. The Balaban J connectivity index is 1.35. The van der Waals surface area contributed by atoms with Gasteiger partial charge in [-0.3, -0.25) is 9.59 Å². The molecule has 1 saturated heterocycles. The molecule has 3 heterocycles. The lowest BCUT2D eigenvalue weighted by Crippen LogP contribution is -2.41. The molecule has 7 nitrogen and oxygen atoms in total. The second-order valence-corrected chi connectivity index (χ2v) is 8.02. The average Bonchev–Trinajstić information content (AvgIpc) is 3.42. The van der Waals surface area contributed by atoms with Gasteiger partial charge in [0, 0.05) is 35.1 Å². The van der Waals surface area contributed by atoms with Gasteiger partial charge in [-0.25, -0.2) is 4.68 Å². The Hall–Kier alpha value is -2.77. The van der Waals surface area contributed by atoms with Gasteiger partial charge in [-0.15, -0.1) is 0 Å². The van der Waals surface area contributed by atoms with Crippen molar-refractivity contribution in [3.63, 3.8) is 0 Å². The molecule has 2 aromatic heterocycles. The molecule has 3 aromatic rings. The van der Waals surface area contributed by atoms with Crippen LogP contribution in [0.2, 0.25) is 10.0 Å². The van der Waals surface area contributed by atoms with E-state index in [-0.39, 0.29) is 17.7 Å². The number of carbonyl (C=O) groups excluding carboxylic acids is 2. The van der Waals surface area contributed by atoms with Crippen molar-refractivity contribution >= 4 is 40.8 Å². The number of likely N-dealkylation sites (tertiary alicyclic amines) is 1. The summed E-state index contributed by atoms with van der Waals surface area (Å²) in [7, 11) is 0. The fourth-order valence-corrected chi connectivity index (χ4v) is 3.99. The number of nitrogens with zero attached hydrogens (tertiary/aromatic N) is 3. The SMILES string of the molecule is O=C(Nc1ccnn1Cc1ccc(Cl)cc1Cl)C1CCN(C(=O)c2ccoc2)CC1. The van der Waals surface area contributed by atoms with Crippen molar-refractivity contribution in [2.75, 3.05) is 18.4 Å². The van der Waals surface area contributed by atoms with Crippen LogP contribution in [-0.4, -0.2) is 39.6 Å². The van der Waals surface area contributed by atoms with Crippen LogP contribution in [0.15, 0.2) is 53.5 Å². The van der Waals surface area contributed by atoms with Crippen molar-refractivity contribution in [2.45, 2.75) is 19.4 Å². The molecule has 0 aliphatic carbocycles. The minimum absolute atomic E-state index is 0.0690. The lowest BCUT2D eigenvalue weighted by atomic mass is 9.95. The molecule has 1 aliphatic heterocycles. The van der Waals surface area contributed by atoms with Gasteiger partial charge < -0.3 is 14.6 Å². The van der Waals surface area contributed by atoms with Crippen LogP contribution in [0.5, 0.6) is 0 Å². The van der Waals surface area contributed by atoms with Crippen molar-refractivity contribution in [1.82, 2.24) is 14.7 Å². The van der Waals surface area contributed by atoms with Crippen molar-refractivity contribution in [3.05, 3.63) is 70.2 Å². The zero-order chi connectivity index (χ0) is 21.1. The average molecular weight is 447 g/mol. The molecule has 30 heavy (non-hydrogen) atoms. The highest BCUT2D eigenvalue weighted by molar-refractivity contribution is 6.35. The monoisotopic (exact) mass is 446 g/mol. The van der Waals surface area contributed by atoms with E-state index >= 15 is 0 Å². The number of halogens is 2. The summed E-state index contributed by atoms with van der Waals surface area (Å²) < 4.78 is 6.66. The van der Waals surface area contributed by atoms with Crippen molar-refractivity contribution in [3.8, 4) is 0 Å². The van der Waals surface area contributed by atoms with Crippen LogP contribution in [0.3, 0.4) is 0 Å². The van der Waals surface area contributed by atoms with E-state index in [0.717, 1.165) is 5.56 Å². The van der Waals surface area contributed by atoms with Crippen LogP contribution >= 0.6 is 23.2 Å². The van der Waals surface area contributed by atoms with Crippen molar-refractivity contribution in [2.24, 2.45) is 5.92 Å². The van der Waals surface area contributed by atoms with E-state index in [4.69, 9.17) is 27.6 Å². The van der Waals surface area contributed by atoms with Gasteiger partial charge in [0.05, 0.1) is 24.6 Å². The maximum Gasteiger partial charge on any atom is 0.257 e. The summed E-state index contributed by atoms with van der Waals surface area (Å²) in [6.45, 7) is 1.47. The number of aromatic nitrogens is 2. The first-order valence-electron chi connectivity index (χ1n) is 9.59. The van der Waals surface area contributed by atoms with E-state index in [9.17, 15) is 9.59 Å². The van der Waals surface area contributed by atoms with Crippen LogP contribution in [0.25, 0.3) is 0 Å². The van der Waals surface area contributed by atoms with Gasteiger partial charge in [0.15, 0.2) is 0 Å². The number of rotatable bonds is 5. The molecule has 1 aliphatic rings. The number of amides is 2. The van der Waals surface area contributed by atoms with Crippen LogP contribution < -0.4 is 5.32 Å². The summed E-state index contributed by atoms with van der Waals surface area (Å²) in [6.07, 6.45) is 5.76. The molecule has 0 saturated carbocycles. The van der Waals surface area contributed by atoms with E-state index in [1.807, 2.05) is 6.07 Å². The third-order valence-electron chi connectivity index (χ3n) is 5.22. The first-order chi connectivity index (χ1) is 14.5. The van der Waals surface area contributed by atoms with Crippen LogP contribution in [0, 0.1) is 5.92 Å². The molecule has 156 valence electrons. The van der Waals surface area contributed by atoms with Crippen molar-refractivity contribution in [1.29, 1.82) is 0 Å². The number of hydrogen-bond acceptors (Lipinski definition) is 4. The molecular weight excluding hydrogens is 427 g/mol. The Morgan fingerprint density at radius 2 is 1.97 bits per heavy atom. The summed E-state index contributed by atoms with van der Waals surface area (Å²) in [5.41, 5.74) is 1.38. The first kappa shape index (κ1) is 20.5. The van der Waals surface area contributed by atoms with E-state index < -0.39 is 0 Å². The van der Waals surface area contributed by atoms with E-state index in [0.29, 0.717) is 53.9 Å². The Kier molecular flexibility index (Phi) is 6.11. The van der Waals surface area contributed by atoms with Gasteiger partial charge in [-0.05, 0) is 36.6 Å².